The first-order valence-electron chi connectivity index (χ1n) is 3.61. The van der Waals surface area contributed by atoms with Gasteiger partial charge in [-0.2, -0.15) is 8.42 Å². The molecule has 0 saturated carbocycles. The van der Waals surface area contributed by atoms with Gasteiger partial charge in [0.1, 0.15) is 4.90 Å². The van der Waals surface area contributed by atoms with Gasteiger partial charge in [0.2, 0.25) is 0 Å². The van der Waals surface area contributed by atoms with E-state index in [-0.39, 0.29) is 5.56 Å². The van der Waals surface area contributed by atoms with Crippen LogP contribution in [0.5, 0.6) is 0 Å². The molecule has 14 heavy (non-hydrogen) atoms. The Labute approximate surface area is 80.2 Å². The molecule has 1 rings (SSSR count). The number of hydrogen-bond donors (Lipinski definition) is 1. The highest BCUT2D eigenvalue weighted by molar-refractivity contribution is 7.86. The quantitative estimate of drug-likeness (QED) is 0.760. The number of carbonyl (C=O) groups is 1. The molecule has 1 aromatic rings. The molecule has 6 heteroatoms. The predicted octanol–water partition coefficient (Wildman–Crippen LogP) is 1.35. The zero-order valence-corrected chi connectivity index (χ0v) is 8.01. The summed E-state index contributed by atoms with van der Waals surface area (Å²) in [5.74, 6) is -1.47. The second-order valence-corrected chi connectivity index (χ2v) is 3.98. The van der Waals surface area contributed by atoms with Crippen LogP contribution in [0.2, 0.25) is 0 Å². The number of carboxylic acid groups (broad SMARTS) is 1. The Bertz CT molecular complexity index is 478. The fraction of sp³-hybridized carbons (Fsp3) is 0.125. The van der Waals surface area contributed by atoms with Crippen molar-refractivity contribution in [2.24, 2.45) is 0 Å². The van der Waals surface area contributed by atoms with Crippen LogP contribution in [-0.2, 0) is 10.2 Å². The maximum absolute atomic E-state index is 12.7. The Morgan fingerprint density at radius 3 is 2.36 bits per heavy atom. The molecule has 1 N–H and O–H groups in total. The lowest BCUT2D eigenvalue weighted by Crippen LogP contribution is -2.07. The molecule has 0 fully saturated rings. The molecule has 0 unspecified atom stereocenters. The number of hydrogen-bond acceptors (Lipinski definition) is 3. The first-order chi connectivity index (χ1) is 6.34. The highest BCUT2D eigenvalue weighted by Gasteiger charge is 2.23. The topological polar surface area (TPSA) is 71.4 Å². The lowest BCUT2D eigenvalue weighted by atomic mass is 10.1. The maximum atomic E-state index is 12.7. The van der Waals surface area contributed by atoms with E-state index in [0.717, 1.165) is 6.07 Å². The molecule has 1 aromatic carbocycles. The van der Waals surface area contributed by atoms with Gasteiger partial charge < -0.3 is 5.11 Å². The van der Waals surface area contributed by atoms with E-state index < -0.39 is 26.7 Å². The number of carboxylic acids is 1. The summed E-state index contributed by atoms with van der Waals surface area (Å²) in [4.78, 5) is 9.82. The van der Waals surface area contributed by atoms with Crippen LogP contribution in [0.4, 0.5) is 3.89 Å². The minimum Gasteiger partial charge on any atom is -0.478 e. The Morgan fingerprint density at radius 2 is 2.00 bits per heavy atom. The molecule has 0 heterocycles. The summed E-state index contributed by atoms with van der Waals surface area (Å²) in [5.41, 5.74) is -0.472. The maximum Gasteiger partial charge on any atom is 0.337 e. The highest BCUT2D eigenvalue weighted by atomic mass is 32.3. The van der Waals surface area contributed by atoms with Crippen molar-refractivity contribution in [1.82, 2.24) is 0 Å². The van der Waals surface area contributed by atoms with E-state index in [1.54, 1.807) is 0 Å². The van der Waals surface area contributed by atoms with Gasteiger partial charge in [-0.1, -0.05) is 12.1 Å². The minimum atomic E-state index is -4.99. The van der Waals surface area contributed by atoms with E-state index >= 15 is 0 Å². The Kier molecular flexibility index (Phi) is 2.57. The molecule has 0 bridgehead atoms. The van der Waals surface area contributed by atoms with Gasteiger partial charge in [-0.15, -0.1) is 3.89 Å². The summed E-state index contributed by atoms with van der Waals surface area (Å²) >= 11 is 0. The summed E-state index contributed by atoms with van der Waals surface area (Å²) < 4.78 is 34.0. The van der Waals surface area contributed by atoms with Crippen LogP contribution >= 0.6 is 0 Å². The van der Waals surface area contributed by atoms with Crippen molar-refractivity contribution in [3.63, 3.8) is 0 Å². The number of rotatable bonds is 2. The summed E-state index contributed by atoms with van der Waals surface area (Å²) in [6, 6.07) is 3.73. The first-order valence-corrected chi connectivity index (χ1v) is 5.00. The third kappa shape index (κ3) is 1.90. The fourth-order valence-corrected chi connectivity index (χ4v) is 2.02. The molecule has 4 nitrogen and oxygen atoms in total. The monoisotopic (exact) mass is 218 g/mol. The molecule has 0 spiro atoms. The normalized spacial score (nSPS) is 11.3. The van der Waals surface area contributed by atoms with Crippen molar-refractivity contribution < 1.29 is 22.2 Å². The zero-order chi connectivity index (χ0) is 10.9. The standard InChI is InChI=1S/C8H7FO4S/c1-5-3-2-4-6(8(10)11)7(5)14(9,12)13/h2-4H,1H3,(H,10,11). The van der Waals surface area contributed by atoms with Crippen LogP contribution in [0.3, 0.4) is 0 Å². The number of halogens is 1. The molecular formula is C8H7FO4S. The van der Waals surface area contributed by atoms with Crippen molar-refractivity contribution in [3.05, 3.63) is 29.3 Å². The van der Waals surface area contributed by atoms with Gasteiger partial charge in [-0.25, -0.2) is 4.79 Å². The predicted molar refractivity (Wildman–Crippen MR) is 46.4 cm³/mol. The van der Waals surface area contributed by atoms with Gasteiger partial charge in [-0.05, 0) is 18.6 Å². The van der Waals surface area contributed by atoms with Crippen molar-refractivity contribution in [1.29, 1.82) is 0 Å². The highest BCUT2D eigenvalue weighted by Crippen LogP contribution is 2.22. The third-order valence-corrected chi connectivity index (χ3v) is 2.72. The smallest absolute Gasteiger partial charge is 0.337 e. The molecule has 0 amide bonds. The average Bonchev–Trinajstić information content (AvgIpc) is 2.01. The Balaban J connectivity index is 3.62. The van der Waals surface area contributed by atoms with Crippen LogP contribution in [0.25, 0.3) is 0 Å². The summed E-state index contributed by atoms with van der Waals surface area (Å²) in [6.07, 6.45) is 0. The summed E-state index contributed by atoms with van der Waals surface area (Å²) in [5, 5.41) is 8.62. The van der Waals surface area contributed by atoms with Crippen molar-refractivity contribution in [3.8, 4) is 0 Å². The lowest BCUT2D eigenvalue weighted by molar-refractivity contribution is 0.0692. The molecule has 0 aliphatic rings. The van der Waals surface area contributed by atoms with Crippen LogP contribution < -0.4 is 0 Å². The van der Waals surface area contributed by atoms with E-state index in [1.807, 2.05) is 0 Å². The minimum absolute atomic E-state index is 0.0763. The van der Waals surface area contributed by atoms with Gasteiger partial charge in [-0.3, -0.25) is 0 Å². The van der Waals surface area contributed by atoms with Crippen molar-refractivity contribution in [2.45, 2.75) is 11.8 Å². The first kappa shape index (κ1) is 10.6. The fourth-order valence-electron chi connectivity index (χ4n) is 1.14. The van der Waals surface area contributed by atoms with Crippen molar-refractivity contribution in [2.75, 3.05) is 0 Å². The van der Waals surface area contributed by atoms with Crippen molar-refractivity contribution >= 4 is 16.2 Å². The molecule has 0 aliphatic carbocycles. The van der Waals surface area contributed by atoms with Gasteiger partial charge in [0.05, 0.1) is 5.56 Å². The van der Waals surface area contributed by atoms with Gasteiger partial charge in [0.25, 0.3) is 0 Å². The molecule has 0 aromatic heterocycles. The van der Waals surface area contributed by atoms with Crippen LogP contribution in [0.15, 0.2) is 23.1 Å². The van der Waals surface area contributed by atoms with E-state index in [9.17, 15) is 17.1 Å². The van der Waals surface area contributed by atoms with Gasteiger partial charge in [0.15, 0.2) is 0 Å². The zero-order valence-electron chi connectivity index (χ0n) is 7.19. The molecule has 0 saturated heterocycles. The van der Waals surface area contributed by atoms with E-state index in [1.165, 1.54) is 19.1 Å². The number of aromatic carboxylic acids is 1. The second kappa shape index (κ2) is 3.38. The SMILES string of the molecule is Cc1cccc(C(=O)O)c1S(=O)(=O)F. The number of benzene rings is 1. The molecule has 0 aliphatic heterocycles. The third-order valence-electron chi connectivity index (χ3n) is 1.69. The van der Waals surface area contributed by atoms with Gasteiger partial charge >= 0.3 is 16.2 Å². The number of aryl methyl sites for hydroxylation is 1. The van der Waals surface area contributed by atoms with Gasteiger partial charge in [0, 0.05) is 0 Å². The van der Waals surface area contributed by atoms with Crippen LogP contribution in [0, 0.1) is 6.92 Å². The van der Waals surface area contributed by atoms with Crippen LogP contribution in [0.1, 0.15) is 15.9 Å². The molecular weight excluding hydrogens is 211 g/mol. The molecule has 0 atom stereocenters. The van der Waals surface area contributed by atoms with E-state index in [2.05, 4.69) is 0 Å². The van der Waals surface area contributed by atoms with E-state index in [4.69, 9.17) is 5.11 Å². The lowest BCUT2D eigenvalue weighted by Gasteiger charge is -2.04. The Hall–Kier alpha value is -1.43. The van der Waals surface area contributed by atoms with Crippen LogP contribution in [-0.4, -0.2) is 19.5 Å². The molecule has 0 radical (unpaired) electrons. The summed E-state index contributed by atoms with van der Waals surface area (Å²) in [6.45, 7) is 1.33. The largest absolute Gasteiger partial charge is 0.478 e. The average molecular weight is 218 g/mol. The summed E-state index contributed by atoms with van der Waals surface area (Å²) in [7, 11) is -4.99. The Morgan fingerprint density at radius 1 is 1.43 bits per heavy atom. The second-order valence-electron chi connectivity index (χ2n) is 2.69. The molecule has 76 valence electrons. The van der Waals surface area contributed by atoms with E-state index in [0.29, 0.717) is 0 Å².